The van der Waals surface area contributed by atoms with Crippen molar-refractivity contribution < 1.29 is 18.0 Å². The molecule has 2 unspecified atom stereocenters. The van der Waals surface area contributed by atoms with Gasteiger partial charge >= 0.3 is 6.18 Å². The molecular formula is C13H14ClF3N2O. The van der Waals surface area contributed by atoms with Crippen LogP contribution in [-0.4, -0.2) is 22.8 Å². The first-order valence-corrected chi connectivity index (χ1v) is 6.75. The molecule has 0 bridgehead atoms. The van der Waals surface area contributed by atoms with E-state index in [1.54, 1.807) is 0 Å². The summed E-state index contributed by atoms with van der Waals surface area (Å²) in [4.78, 5) is 15.3. The van der Waals surface area contributed by atoms with Crippen molar-refractivity contribution in [1.29, 1.82) is 0 Å². The van der Waals surface area contributed by atoms with Gasteiger partial charge in [-0.2, -0.15) is 13.2 Å². The van der Waals surface area contributed by atoms with Gasteiger partial charge < -0.3 is 5.32 Å². The van der Waals surface area contributed by atoms with E-state index in [0.717, 1.165) is 31.4 Å². The lowest BCUT2D eigenvalue weighted by molar-refractivity contribution is -0.137. The van der Waals surface area contributed by atoms with Gasteiger partial charge in [-0.15, -0.1) is 11.6 Å². The van der Waals surface area contributed by atoms with Gasteiger partial charge in [-0.25, -0.2) is 0 Å². The first-order chi connectivity index (χ1) is 9.36. The Morgan fingerprint density at radius 3 is 2.65 bits per heavy atom. The number of halogens is 4. The Morgan fingerprint density at radius 1 is 1.40 bits per heavy atom. The normalized spacial score (nSPS) is 22.8. The van der Waals surface area contributed by atoms with Crippen LogP contribution in [0.2, 0.25) is 0 Å². The molecule has 1 N–H and O–H groups in total. The van der Waals surface area contributed by atoms with Gasteiger partial charge in [0.05, 0.1) is 5.56 Å². The standard InChI is InChI=1S/C13H14ClF3N2O/c14-10-3-1-8(5-10)6-19-12(20)11-4-2-9(7-18-11)13(15,16)17/h2,4,7-8,10H,1,3,5-6H2,(H,19,20). The summed E-state index contributed by atoms with van der Waals surface area (Å²) in [6.45, 7) is 0.477. The number of hydrogen-bond donors (Lipinski definition) is 1. The average molecular weight is 307 g/mol. The smallest absolute Gasteiger partial charge is 0.350 e. The minimum absolute atomic E-state index is 0.0154. The fourth-order valence-corrected chi connectivity index (χ4v) is 2.60. The summed E-state index contributed by atoms with van der Waals surface area (Å²) in [5.41, 5.74) is -0.881. The first kappa shape index (κ1) is 15.1. The lowest BCUT2D eigenvalue weighted by Crippen LogP contribution is -2.29. The molecule has 0 radical (unpaired) electrons. The van der Waals surface area contributed by atoms with Crippen LogP contribution in [0.15, 0.2) is 18.3 Å². The van der Waals surface area contributed by atoms with Crippen molar-refractivity contribution in [3.63, 3.8) is 0 Å². The quantitative estimate of drug-likeness (QED) is 0.871. The molecule has 2 atom stereocenters. The zero-order valence-electron chi connectivity index (χ0n) is 10.6. The van der Waals surface area contributed by atoms with Crippen LogP contribution < -0.4 is 5.32 Å². The Hall–Kier alpha value is -1.30. The molecule has 7 heteroatoms. The Balaban J connectivity index is 1.89. The maximum Gasteiger partial charge on any atom is 0.417 e. The predicted molar refractivity (Wildman–Crippen MR) is 68.6 cm³/mol. The van der Waals surface area contributed by atoms with Gasteiger partial charge in [0.1, 0.15) is 5.69 Å². The minimum atomic E-state index is -4.44. The van der Waals surface area contributed by atoms with E-state index in [9.17, 15) is 18.0 Å². The number of nitrogens with zero attached hydrogens (tertiary/aromatic N) is 1. The second kappa shape index (κ2) is 5.99. The van der Waals surface area contributed by atoms with Crippen LogP contribution in [0.25, 0.3) is 0 Å². The summed E-state index contributed by atoms with van der Waals surface area (Å²) in [5.74, 6) is -0.132. The number of amides is 1. The van der Waals surface area contributed by atoms with Gasteiger partial charge in [0.2, 0.25) is 0 Å². The molecule has 110 valence electrons. The van der Waals surface area contributed by atoms with Crippen LogP contribution in [0.3, 0.4) is 0 Å². The van der Waals surface area contributed by atoms with E-state index in [4.69, 9.17) is 11.6 Å². The zero-order chi connectivity index (χ0) is 14.8. The van der Waals surface area contributed by atoms with Gasteiger partial charge in [0.25, 0.3) is 5.91 Å². The van der Waals surface area contributed by atoms with Crippen LogP contribution in [0.5, 0.6) is 0 Å². The fourth-order valence-electron chi connectivity index (χ4n) is 2.22. The maximum atomic E-state index is 12.4. The molecule has 0 aliphatic heterocycles. The van der Waals surface area contributed by atoms with Crippen molar-refractivity contribution >= 4 is 17.5 Å². The molecule has 3 nitrogen and oxygen atoms in total. The predicted octanol–water partition coefficient (Wildman–Crippen LogP) is 3.24. The maximum absolute atomic E-state index is 12.4. The van der Waals surface area contributed by atoms with E-state index in [1.165, 1.54) is 0 Å². The van der Waals surface area contributed by atoms with Crippen molar-refractivity contribution in [1.82, 2.24) is 10.3 Å². The highest BCUT2D eigenvalue weighted by Crippen LogP contribution is 2.29. The van der Waals surface area contributed by atoms with Gasteiger partial charge in [0, 0.05) is 18.1 Å². The number of carbonyl (C=O) groups is 1. The van der Waals surface area contributed by atoms with Crippen molar-refractivity contribution in [3.8, 4) is 0 Å². The van der Waals surface area contributed by atoms with Gasteiger partial charge in [0.15, 0.2) is 0 Å². The number of carbonyl (C=O) groups excluding carboxylic acids is 1. The van der Waals surface area contributed by atoms with Gasteiger partial charge in [-0.3, -0.25) is 9.78 Å². The summed E-state index contributed by atoms with van der Waals surface area (Å²) in [6.07, 6.45) is -1.04. The Kier molecular flexibility index (Phi) is 4.52. The molecule has 2 rings (SSSR count). The van der Waals surface area contributed by atoms with E-state index in [2.05, 4.69) is 10.3 Å². The second-order valence-electron chi connectivity index (χ2n) is 4.92. The molecule has 20 heavy (non-hydrogen) atoms. The number of alkyl halides is 4. The van der Waals surface area contributed by atoms with E-state index in [-0.39, 0.29) is 11.1 Å². The van der Waals surface area contributed by atoms with Crippen molar-refractivity contribution in [2.24, 2.45) is 5.92 Å². The highest BCUT2D eigenvalue weighted by Gasteiger charge is 2.31. The van der Waals surface area contributed by atoms with Crippen molar-refractivity contribution in [2.75, 3.05) is 6.54 Å². The Morgan fingerprint density at radius 2 is 2.15 bits per heavy atom. The number of rotatable bonds is 3. The van der Waals surface area contributed by atoms with E-state index < -0.39 is 17.6 Å². The average Bonchev–Trinajstić information content (AvgIpc) is 2.81. The van der Waals surface area contributed by atoms with Crippen molar-refractivity contribution in [3.05, 3.63) is 29.6 Å². The largest absolute Gasteiger partial charge is 0.417 e. The molecular weight excluding hydrogens is 293 g/mol. The number of hydrogen-bond acceptors (Lipinski definition) is 2. The lowest BCUT2D eigenvalue weighted by atomic mass is 10.1. The topological polar surface area (TPSA) is 42.0 Å². The lowest BCUT2D eigenvalue weighted by Gasteiger charge is -2.11. The highest BCUT2D eigenvalue weighted by atomic mass is 35.5. The summed E-state index contributed by atoms with van der Waals surface area (Å²) < 4.78 is 37.1. The van der Waals surface area contributed by atoms with Gasteiger partial charge in [-0.05, 0) is 37.3 Å². The Labute approximate surface area is 119 Å². The molecule has 0 aromatic carbocycles. The van der Waals surface area contributed by atoms with Crippen LogP contribution in [0.4, 0.5) is 13.2 Å². The Bertz CT molecular complexity index is 475. The monoisotopic (exact) mass is 306 g/mol. The molecule has 1 heterocycles. The highest BCUT2D eigenvalue weighted by molar-refractivity contribution is 6.20. The number of nitrogens with one attached hydrogen (secondary N) is 1. The van der Waals surface area contributed by atoms with Gasteiger partial charge in [-0.1, -0.05) is 0 Å². The number of pyridine rings is 1. The SMILES string of the molecule is O=C(NCC1CCC(Cl)C1)c1ccc(C(F)(F)F)cn1. The molecule has 1 amide bonds. The first-order valence-electron chi connectivity index (χ1n) is 6.32. The summed E-state index contributed by atoms with van der Waals surface area (Å²) in [7, 11) is 0. The van der Waals surface area contributed by atoms with E-state index in [1.807, 2.05) is 0 Å². The van der Waals surface area contributed by atoms with Crippen LogP contribution >= 0.6 is 11.6 Å². The third-order valence-corrected chi connectivity index (χ3v) is 3.75. The molecule has 1 fully saturated rings. The molecule has 1 aliphatic carbocycles. The molecule has 0 spiro atoms. The van der Waals surface area contributed by atoms with E-state index in [0.29, 0.717) is 18.7 Å². The fraction of sp³-hybridized carbons (Fsp3) is 0.538. The van der Waals surface area contributed by atoms with Crippen LogP contribution in [0.1, 0.15) is 35.3 Å². The summed E-state index contributed by atoms with van der Waals surface area (Å²) in [6, 6.07) is 1.93. The van der Waals surface area contributed by atoms with Crippen LogP contribution in [-0.2, 0) is 6.18 Å². The van der Waals surface area contributed by atoms with E-state index >= 15 is 0 Å². The minimum Gasteiger partial charge on any atom is -0.350 e. The zero-order valence-corrected chi connectivity index (χ0v) is 11.3. The molecule has 1 aromatic heterocycles. The molecule has 1 aromatic rings. The second-order valence-corrected chi connectivity index (χ2v) is 5.53. The summed E-state index contributed by atoms with van der Waals surface area (Å²) >= 11 is 5.97. The van der Waals surface area contributed by atoms with Crippen LogP contribution in [0, 0.1) is 5.92 Å². The van der Waals surface area contributed by atoms with Crippen molar-refractivity contribution in [2.45, 2.75) is 30.8 Å². The summed E-state index contributed by atoms with van der Waals surface area (Å²) in [5, 5.41) is 2.83. The molecule has 0 saturated heterocycles. The third kappa shape index (κ3) is 3.85. The third-order valence-electron chi connectivity index (χ3n) is 3.35. The molecule has 1 aliphatic rings. The molecule has 1 saturated carbocycles. The number of aromatic nitrogens is 1.